The van der Waals surface area contributed by atoms with Crippen molar-refractivity contribution in [2.75, 3.05) is 33.5 Å². The van der Waals surface area contributed by atoms with E-state index < -0.39 is 0 Å². The Labute approximate surface area is 103 Å². The maximum atomic E-state index is 5.45. The number of nitrogens with one attached hydrogen (secondary N) is 1. The average molecular weight is 241 g/mol. The van der Waals surface area contributed by atoms with Crippen LogP contribution >= 0.6 is 0 Å². The second-order valence-electron chi connectivity index (χ2n) is 3.83. The lowest BCUT2D eigenvalue weighted by Gasteiger charge is -2.08. The smallest absolute Gasteiger partial charge is 0.0662 e. The van der Waals surface area contributed by atoms with Gasteiger partial charge in [-0.05, 0) is 12.5 Å². The van der Waals surface area contributed by atoms with Gasteiger partial charge in [0.25, 0.3) is 0 Å². The minimum absolute atomic E-state index is 0.723. The fourth-order valence-corrected chi connectivity index (χ4v) is 1.50. The predicted molar refractivity (Wildman–Crippen MR) is 66.9 cm³/mol. The van der Waals surface area contributed by atoms with Crippen molar-refractivity contribution in [2.45, 2.75) is 26.4 Å². The number of hydrogen-bond donors (Lipinski definition) is 1. The molecule has 0 saturated carbocycles. The Hall–Kier alpha value is -0.910. The normalized spacial score (nSPS) is 10.9. The Bertz CT molecular complexity index is 263. The average Bonchev–Trinajstić information content (AvgIpc) is 2.78. The zero-order chi connectivity index (χ0) is 12.3. The summed E-state index contributed by atoms with van der Waals surface area (Å²) in [5.41, 5.74) is 1.18. The van der Waals surface area contributed by atoms with Crippen LogP contribution in [-0.4, -0.2) is 43.3 Å². The van der Waals surface area contributed by atoms with Gasteiger partial charge in [-0.25, -0.2) is 0 Å². The Morgan fingerprint density at radius 3 is 3.00 bits per heavy atom. The summed E-state index contributed by atoms with van der Waals surface area (Å²) in [7, 11) is 1.71. The van der Waals surface area contributed by atoms with Crippen LogP contribution in [0.5, 0.6) is 0 Å². The highest BCUT2D eigenvalue weighted by atomic mass is 16.5. The molecule has 0 fully saturated rings. The molecule has 0 radical (unpaired) electrons. The molecular formula is C12H23N3O2. The monoisotopic (exact) mass is 241 g/mol. The van der Waals surface area contributed by atoms with Gasteiger partial charge >= 0.3 is 0 Å². The molecule has 0 bridgehead atoms. The third-order valence-electron chi connectivity index (χ3n) is 2.39. The van der Waals surface area contributed by atoms with Crippen molar-refractivity contribution in [3.05, 3.63) is 18.0 Å². The number of hydrogen-bond acceptors (Lipinski definition) is 4. The SMILES string of the molecule is CCCOCCn1nccc1CNCCOC. The molecule has 1 aromatic rings. The van der Waals surface area contributed by atoms with Crippen LogP contribution in [0.4, 0.5) is 0 Å². The first-order chi connectivity index (χ1) is 8.38. The molecule has 5 heteroatoms. The molecule has 98 valence electrons. The molecule has 17 heavy (non-hydrogen) atoms. The first-order valence-corrected chi connectivity index (χ1v) is 6.16. The molecule has 0 unspecified atom stereocenters. The van der Waals surface area contributed by atoms with Crippen molar-refractivity contribution < 1.29 is 9.47 Å². The second-order valence-corrected chi connectivity index (χ2v) is 3.83. The van der Waals surface area contributed by atoms with Crippen LogP contribution in [0.3, 0.4) is 0 Å². The van der Waals surface area contributed by atoms with E-state index in [2.05, 4.69) is 17.3 Å². The Balaban J connectivity index is 2.22. The second kappa shape index (κ2) is 9.15. The third kappa shape index (κ3) is 5.81. The molecule has 0 aliphatic heterocycles. The largest absolute Gasteiger partial charge is 0.383 e. The molecule has 0 spiro atoms. The van der Waals surface area contributed by atoms with Crippen molar-refractivity contribution in [2.24, 2.45) is 0 Å². The minimum Gasteiger partial charge on any atom is -0.383 e. The standard InChI is InChI=1S/C12H23N3O2/c1-3-8-17-10-7-15-12(4-5-14-15)11-13-6-9-16-2/h4-5,13H,3,6-11H2,1-2H3. The van der Waals surface area contributed by atoms with Crippen LogP contribution in [0.1, 0.15) is 19.0 Å². The van der Waals surface area contributed by atoms with Gasteiger partial charge < -0.3 is 14.8 Å². The van der Waals surface area contributed by atoms with Gasteiger partial charge in [0.05, 0.1) is 25.5 Å². The highest BCUT2D eigenvalue weighted by molar-refractivity contribution is 4.99. The van der Waals surface area contributed by atoms with E-state index in [1.165, 1.54) is 5.69 Å². The maximum absolute atomic E-state index is 5.45. The predicted octanol–water partition coefficient (Wildman–Crippen LogP) is 1.05. The van der Waals surface area contributed by atoms with Crippen LogP contribution < -0.4 is 5.32 Å². The molecule has 0 aromatic carbocycles. The number of ether oxygens (including phenoxy) is 2. The first kappa shape index (κ1) is 14.2. The van der Waals surface area contributed by atoms with Gasteiger partial charge in [-0.3, -0.25) is 4.68 Å². The van der Waals surface area contributed by atoms with E-state index in [0.717, 1.165) is 45.9 Å². The molecule has 1 heterocycles. The maximum Gasteiger partial charge on any atom is 0.0662 e. The summed E-state index contributed by atoms with van der Waals surface area (Å²) in [6.07, 6.45) is 2.89. The van der Waals surface area contributed by atoms with Crippen molar-refractivity contribution in [3.8, 4) is 0 Å². The van der Waals surface area contributed by atoms with Crippen LogP contribution in [-0.2, 0) is 22.6 Å². The number of nitrogens with zero attached hydrogens (tertiary/aromatic N) is 2. The van der Waals surface area contributed by atoms with E-state index in [0.29, 0.717) is 0 Å². The minimum atomic E-state index is 0.723. The molecule has 1 rings (SSSR count). The topological polar surface area (TPSA) is 48.3 Å². The van der Waals surface area contributed by atoms with Crippen LogP contribution in [0.2, 0.25) is 0 Å². The molecule has 0 aliphatic rings. The van der Waals surface area contributed by atoms with E-state index in [1.54, 1.807) is 7.11 Å². The summed E-state index contributed by atoms with van der Waals surface area (Å²) in [6.45, 7) is 6.87. The lowest BCUT2D eigenvalue weighted by Crippen LogP contribution is -2.21. The summed E-state index contributed by atoms with van der Waals surface area (Å²) in [5.74, 6) is 0. The van der Waals surface area contributed by atoms with Gasteiger partial charge in [-0.2, -0.15) is 5.10 Å². The number of rotatable bonds is 10. The third-order valence-corrected chi connectivity index (χ3v) is 2.39. The van der Waals surface area contributed by atoms with Crippen LogP contribution in [0.15, 0.2) is 12.3 Å². The van der Waals surface area contributed by atoms with Gasteiger partial charge in [-0.15, -0.1) is 0 Å². The van der Waals surface area contributed by atoms with E-state index in [4.69, 9.17) is 9.47 Å². The van der Waals surface area contributed by atoms with Crippen LogP contribution in [0, 0.1) is 0 Å². The van der Waals surface area contributed by atoms with Crippen LogP contribution in [0.25, 0.3) is 0 Å². The molecule has 5 nitrogen and oxygen atoms in total. The quantitative estimate of drug-likeness (QED) is 0.622. The fourth-order valence-electron chi connectivity index (χ4n) is 1.50. The summed E-state index contributed by atoms with van der Waals surface area (Å²) in [4.78, 5) is 0. The van der Waals surface area contributed by atoms with Crippen molar-refractivity contribution >= 4 is 0 Å². The summed E-state index contributed by atoms with van der Waals surface area (Å²) in [5, 5.41) is 7.58. The van der Waals surface area contributed by atoms with Gasteiger partial charge in [0, 0.05) is 33.0 Å². The highest BCUT2D eigenvalue weighted by Gasteiger charge is 2.01. The van der Waals surface area contributed by atoms with Crippen molar-refractivity contribution in [1.29, 1.82) is 0 Å². The zero-order valence-electron chi connectivity index (χ0n) is 10.8. The first-order valence-electron chi connectivity index (χ1n) is 6.16. The van der Waals surface area contributed by atoms with Gasteiger partial charge in [0.2, 0.25) is 0 Å². The lowest BCUT2D eigenvalue weighted by atomic mass is 10.4. The van der Waals surface area contributed by atoms with E-state index in [-0.39, 0.29) is 0 Å². The molecule has 1 aromatic heterocycles. The van der Waals surface area contributed by atoms with Crippen molar-refractivity contribution in [3.63, 3.8) is 0 Å². The fraction of sp³-hybridized carbons (Fsp3) is 0.750. The Kier molecular flexibility index (Phi) is 7.62. The van der Waals surface area contributed by atoms with Gasteiger partial charge in [-0.1, -0.05) is 6.92 Å². The molecule has 0 aliphatic carbocycles. The number of aromatic nitrogens is 2. The zero-order valence-corrected chi connectivity index (χ0v) is 10.8. The number of methoxy groups -OCH3 is 1. The van der Waals surface area contributed by atoms with Crippen molar-refractivity contribution in [1.82, 2.24) is 15.1 Å². The lowest BCUT2D eigenvalue weighted by molar-refractivity contribution is 0.123. The van der Waals surface area contributed by atoms with Gasteiger partial charge in [0.15, 0.2) is 0 Å². The van der Waals surface area contributed by atoms with E-state index in [9.17, 15) is 0 Å². The van der Waals surface area contributed by atoms with E-state index in [1.807, 2.05) is 16.9 Å². The molecule has 1 N–H and O–H groups in total. The molecular weight excluding hydrogens is 218 g/mol. The summed E-state index contributed by atoms with van der Waals surface area (Å²) >= 11 is 0. The Morgan fingerprint density at radius 2 is 2.24 bits per heavy atom. The van der Waals surface area contributed by atoms with Gasteiger partial charge in [0.1, 0.15) is 0 Å². The Morgan fingerprint density at radius 1 is 1.35 bits per heavy atom. The molecule has 0 saturated heterocycles. The molecule has 0 amide bonds. The molecule has 0 atom stereocenters. The highest BCUT2D eigenvalue weighted by Crippen LogP contribution is 1.98. The van der Waals surface area contributed by atoms with E-state index >= 15 is 0 Å². The summed E-state index contributed by atoms with van der Waals surface area (Å²) in [6, 6.07) is 2.03. The summed E-state index contributed by atoms with van der Waals surface area (Å²) < 4.78 is 12.4.